The topological polar surface area (TPSA) is 64.3 Å². The van der Waals surface area contributed by atoms with Crippen LogP contribution in [0.2, 0.25) is 0 Å². The quantitative estimate of drug-likeness (QED) is 0.805. The van der Waals surface area contributed by atoms with E-state index < -0.39 is 0 Å². The van der Waals surface area contributed by atoms with Crippen LogP contribution in [0.25, 0.3) is 11.5 Å². The standard InChI is InChI=1S/C21H28N4O2/c1-2-17(15-22-9-1)19-23-20(24-27-19)21(14-16-3-4-16)7-10-25(11-8-21)18-5-12-26-13-6-18/h1-2,9,15-16,18H,3-8,10-14H2. The lowest BCUT2D eigenvalue weighted by Crippen LogP contribution is -2.49. The molecular formula is C21H28N4O2. The molecule has 0 aromatic carbocycles. The molecule has 5 rings (SSSR count). The van der Waals surface area contributed by atoms with E-state index in [0.717, 1.165) is 56.5 Å². The number of hydrogen-bond acceptors (Lipinski definition) is 6. The van der Waals surface area contributed by atoms with E-state index in [1.165, 1.54) is 32.1 Å². The normalized spacial score (nSPS) is 24.1. The lowest BCUT2D eigenvalue weighted by Gasteiger charge is -2.44. The number of rotatable bonds is 5. The van der Waals surface area contributed by atoms with Crippen LogP contribution in [-0.2, 0) is 10.2 Å². The predicted octanol–water partition coefficient (Wildman–Crippen LogP) is 3.44. The van der Waals surface area contributed by atoms with Gasteiger partial charge in [0.15, 0.2) is 5.82 Å². The summed E-state index contributed by atoms with van der Waals surface area (Å²) in [6.45, 7) is 4.09. The molecule has 0 radical (unpaired) electrons. The van der Waals surface area contributed by atoms with Crippen LogP contribution in [0.15, 0.2) is 29.0 Å². The van der Waals surface area contributed by atoms with E-state index >= 15 is 0 Å². The summed E-state index contributed by atoms with van der Waals surface area (Å²) < 4.78 is 11.2. The van der Waals surface area contributed by atoms with Crippen molar-refractivity contribution in [2.75, 3.05) is 26.3 Å². The predicted molar refractivity (Wildman–Crippen MR) is 101 cm³/mol. The van der Waals surface area contributed by atoms with E-state index in [1.54, 1.807) is 12.4 Å². The average molecular weight is 368 g/mol. The molecule has 2 aromatic rings. The zero-order valence-corrected chi connectivity index (χ0v) is 15.8. The minimum atomic E-state index is 0.0762. The van der Waals surface area contributed by atoms with Gasteiger partial charge in [-0.3, -0.25) is 4.98 Å². The van der Waals surface area contributed by atoms with Crippen LogP contribution in [0.1, 0.15) is 50.8 Å². The molecule has 6 heteroatoms. The highest BCUT2D eigenvalue weighted by Gasteiger charge is 2.45. The molecule has 27 heavy (non-hydrogen) atoms. The molecule has 0 bridgehead atoms. The summed E-state index contributed by atoms with van der Waals surface area (Å²) in [5, 5.41) is 4.45. The molecule has 1 aliphatic carbocycles. The third-order valence-corrected chi connectivity index (χ3v) is 6.65. The van der Waals surface area contributed by atoms with Crippen LogP contribution in [0.5, 0.6) is 0 Å². The molecule has 0 spiro atoms. The summed E-state index contributed by atoms with van der Waals surface area (Å²) in [5.41, 5.74) is 0.977. The van der Waals surface area contributed by atoms with Gasteiger partial charge in [0.2, 0.25) is 0 Å². The second-order valence-corrected chi connectivity index (χ2v) is 8.47. The Kier molecular flexibility index (Phi) is 4.70. The van der Waals surface area contributed by atoms with Crippen LogP contribution < -0.4 is 0 Å². The lowest BCUT2D eigenvalue weighted by molar-refractivity contribution is 0.0144. The number of ether oxygens (including phenoxy) is 1. The first kappa shape index (κ1) is 17.3. The molecule has 2 saturated heterocycles. The van der Waals surface area contributed by atoms with E-state index in [9.17, 15) is 0 Å². The second-order valence-electron chi connectivity index (χ2n) is 8.47. The van der Waals surface area contributed by atoms with Gasteiger partial charge in [-0.2, -0.15) is 4.98 Å². The van der Waals surface area contributed by atoms with E-state index in [2.05, 4.69) is 15.0 Å². The molecule has 0 atom stereocenters. The van der Waals surface area contributed by atoms with Crippen LogP contribution in [0, 0.1) is 5.92 Å². The molecular weight excluding hydrogens is 340 g/mol. The Bertz CT molecular complexity index is 745. The van der Waals surface area contributed by atoms with Crippen molar-refractivity contribution in [2.24, 2.45) is 5.92 Å². The molecule has 2 aromatic heterocycles. The maximum Gasteiger partial charge on any atom is 0.259 e. The van der Waals surface area contributed by atoms with E-state index in [-0.39, 0.29) is 5.41 Å². The molecule has 144 valence electrons. The van der Waals surface area contributed by atoms with Crippen molar-refractivity contribution < 1.29 is 9.26 Å². The molecule has 4 heterocycles. The number of pyridine rings is 1. The molecule has 0 N–H and O–H groups in total. The Morgan fingerprint density at radius 1 is 1.11 bits per heavy atom. The fourth-order valence-corrected chi connectivity index (χ4v) is 4.81. The number of aromatic nitrogens is 3. The zero-order valence-electron chi connectivity index (χ0n) is 15.8. The molecule has 0 amide bonds. The van der Waals surface area contributed by atoms with Crippen molar-refractivity contribution >= 4 is 0 Å². The summed E-state index contributed by atoms with van der Waals surface area (Å²) in [4.78, 5) is 11.7. The van der Waals surface area contributed by atoms with Crippen molar-refractivity contribution in [3.8, 4) is 11.5 Å². The first-order valence-corrected chi connectivity index (χ1v) is 10.4. The zero-order chi connectivity index (χ0) is 18.1. The Hall–Kier alpha value is -1.79. The Morgan fingerprint density at radius 2 is 1.93 bits per heavy atom. The summed E-state index contributed by atoms with van der Waals surface area (Å²) in [5.74, 6) is 2.36. The number of likely N-dealkylation sites (tertiary alicyclic amines) is 1. The van der Waals surface area contributed by atoms with E-state index in [4.69, 9.17) is 14.2 Å². The van der Waals surface area contributed by atoms with Crippen LogP contribution in [-0.4, -0.2) is 52.4 Å². The van der Waals surface area contributed by atoms with Gasteiger partial charge in [0.05, 0.1) is 5.56 Å². The van der Waals surface area contributed by atoms with Crippen molar-refractivity contribution in [3.63, 3.8) is 0 Å². The summed E-state index contributed by atoms with van der Waals surface area (Å²) in [6, 6.07) is 4.57. The monoisotopic (exact) mass is 368 g/mol. The van der Waals surface area contributed by atoms with Gasteiger partial charge in [-0.1, -0.05) is 18.0 Å². The highest BCUT2D eigenvalue weighted by molar-refractivity contribution is 5.50. The molecule has 3 aliphatic rings. The maximum absolute atomic E-state index is 5.64. The van der Waals surface area contributed by atoms with E-state index in [1.807, 2.05) is 12.1 Å². The third-order valence-electron chi connectivity index (χ3n) is 6.65. The van der Waals surface area contributed by atoms with Crippen LogP contribution in [0.4, 0.5) is 0 Å². The molecule has 3 fully saturated rings. The highest BCUT2D eigenvalue weighted by Crippen LogP contribution is 2.47. The second kappa shape index (κ2) is 7.32. The Morgan fingerprint density at radius 3 is 2.63 bits per heavy atom. The van der Waals surface area contributed by atoms with Crippen molar-refractivity contribution in [3.05, 3.63) is 30.4 Å². The fourth-order valence-electron chi connectivity index (χ4n) is 4.81. The minimum absolute atomic E-state index is 0.0762. The third kappa shape index (κ3) is 3.65. The molecule has 6 nitrogen and oxygen atoms in total. The Labute approximate surface area is 160 Å². The summed E-state index contributed by atoms with van der Waals surface area (Å²) in [7, 11) is 0. The van der Waals surface area contributed by atoms with Crippen molar-refractivity contribution in [1.29, 1.82) is 0 Å². The number of hydrogen-bond donors (Lipinski definition) is 0. The molecule has 0 unspecified atom stereocenters. The van der Waals surface area contributed by atoms with Gasteiger partial charge in [0, 0.05) is 37.1 Å². The van der Waals surface area contributed by atoms with Crippen LogP contribution in [0.3, 0.4) is 0 Å². The summed E-state index contributed by atoms with van der Waals surface area (Å²) in [6.07, 6.45) is 12.1. The minimum Gasteiger partial charge on any atom is -0.381 e. The van der Waals surface area contributed by atoms with Crippen LogP contribution >= 0.6 is 0 Å². The van der Waals surface area contributed by atoms with E-state index in [0.29, 0.717) is 11.9 Å². The average Bonchev–Trinajstić information content (AvgIpc) is 3.40. The molecule has 2 aliphatic heterocycles. The smallest absolute Gasteiger partial charge is 0.259 e. The largest absolute Gasteiger partial charge is 0.381 e. The first-order valence-electron chi connectivity index (χ1n) is 10.4. The van der Waals surface area contributed by atoms with Crippen molar-refractivity contribution in [1.82, 2.24) is 20.0 Å². The van der Waals surface area contributed by atoms with Gasteiger partial charge < -0.3 is 14.2 Å². The van der Waals surface area contributed by atoms with Gasteiger partial charge >= 0.3 is 0 Å². The Balaban J connectivity index is 1.35. The fraction of sp³-hybridized carbons (Fsp3) is 0.667. The summed E-state index contributed by atoms with van der Waals surface area (Å²) >= 11 is 0. The van der Waals surface area contributed by atoms with Gasteiger partial charge in [0.25, 0.3) is 5.89 Å². The molecule has 1 saturated carbocycles. The SMILES string of the molecule is c1cncc(-c2nc(C3(CC4CC4)CCN(C4CCOCC4)CC3)no2)c1. The number of nitrogens with zero attached hydrogens (tertiary/aromatic N) is 4. The van der Waals surface area contributed by atoms with Crippen molar-refractivity contribution in [2.45, 2.75) is 56.4 Å². The number of piperidine rings is 1. The first-order chi connectivity index (χ1) is 13.3. The van der Waals surface area contributed by atoms with Gasteiger partial charge in [-0.05, 0) is 63.2 Å². The lowest BCUT2D eigenvalue weighted by atomic mass is 9.73. The van der Waals surface area contributed by atoms with Gasteiger partial charge in [0.1, 0.15) is 0 Å². The van der Waals surface area contributed by atoms with Gasteiger partial charge in [-0.15, -0.1) is 0 Å². The van der Waals surface area contributed by atoms with Gasteiger partial charge in [-0.25, -0.2) is 0 Å². The highest BCUT2D eigenvalue weighted by atomic mass is 16.5. The maximum atomic E-state index is 5.64.